The van der Waals surface area contributed by atoms with Crippen molar-refractivity contribution in [3.8, 4) is 28.6 Å². The highest BCUT2D eigenvalue weighted by molar-refractivity contribution is 6.17. The third-order valence-corrected chi connectivity index (χ3v) is 10.4. The van der Waals surface area contributed by atoms with Crippen molar-refractivity contribution in [2.75, 3.05) is 0 Å². The summed E-state index contributed by atoms with van der Waals surface area (Å²) >= 11 is 0. The van der Waals surface area contributed by atoms with Crippen LogP contribution in [0.1, 0.15) is 94.2 Å². The molecule has 0 amide bonds. The standard InChI is InChI=1S/C48H43N3O2/c1-27-9-12-34-38(17-27)48(51-26-30(11-16-39(34)51)22-46(3,4)5)37-15-14-33-36-21-42-35(32-13-10-29(24-49)18-41(32)52-42)20-43(36)53-45(33)44(37)40-19-31(23-47(6,7)8)28(2)25-50(40)48/h9-21,25-26H,22-23H2,1-8H3/q+2/i1D3,2D3,22D2,23D2. The number of nitrogens with zero attached hydrogens (tertiary/aromatic N) is 3. The van der Waals surface area contributed by atoms with Gasteiger partial charge in [-0.2, -0.15) is 5.26 Å². The summed E-state index contributed by atoms with van der Waals surface area (Å²) in [6.07, 6.45) is -0.785. The zero-order valence-corrected chi connectivity index (χ0v) is 30.3. The van der Waals surface area contributed by atoms with Gasteiger partial charge in [-0.25, -0.2) is 0 Å². The molecular weight excluding hydrogens is 651 g/mol. The molecule has 1 spiro atoms. The van der Waals surface area contributed by atoms with Gasteiger partial charge < -0.3 is 8.83 Å². The average Bonchev–Trinajstić information content (AvgIpc) is 3.91. The second kappa shape index (κ2) is 10.4. The molecule has 10 rings (SSSR count). The van der Waals surface area contributed by atoms with Gasteiger partial charge in [0.1, 0.15) is 39.0 Å². The molecule has 5 heteroatoms. The molecular formula is C48H43N3O2+2. The minimum Gasteiger partial charge on any atom is -0.456 e. The molecule has 0 saturated heterocycles. The molecule has 260 valence electrons. The molecule has 0 saturated carbocycles. The lowest BCUT2D eigenvalue weighted by atomic mass is 9.86. The predicted octanol–water partition coefficient (Wildman–Crippen LogP) is 11.0. The van der Waals surface area contributed by atoms with Crippen molar-refractivity contribution in [3.63, 3.8) is 0 Å². The zero-order chi connectivity index (χ0) is 45.4. The number of pyridine rings is 2. The zero-order valence-electron chi connectivity index (χ0n) is 40.3. The van der Waals surface area contributed by atoms with E-state index in [0.717, 1.165) is 16.2 Å². The molecule has 0 fully saturated rings. The Hall–Kier alpha value is -5.73. The monoisotopic (exact) mass is 703 g/mol. The molecule has 0 bridgehead atoms. The number of aryl methyl sites for hydroxylation is 2. The van der Waals surface area contributed by atoms with Crippen molar-refractivity contribution in [3.05, 3.63) is 130 Å². The molecule has 1 atom stereocenters. The highest BCUT2D eigenvalue weighted by atomic mass is 16.3. The Balaban J connectivity index is 1.40. The number of fused-ring (bicyclic) bond motifs is 17. The topological polar surface area (TPSA) is 57.8 Å². The largest absolute Gasteiger partial charge is 0.456 e. The smallest absolute Gasteiger partial charge is 0.417 e. The SMILES string of the molecule is [2H]C([2H])([2H])c1ccc2c(c1)C1(c3ccc4c(oc5cc6c(cc54)oc4cc(C#N)ccc46)c3-c3cc(C([2H])([2H])C(C)(C)C)c(C([2H])([2H])[2H])c[n+]31)[n+]1cc(C([2H])([2H])C(C)(C)C)ccc1-2. The first kappa shape index (κ1) is 23.0. The van der Waals surface area contributed by atoms with Gasteiger partial charge in [-0.1, -0.05) is 53.2 Å². The highest BCUT2D eigenvalue weighted by Crippen LogP contribution is 2.51. The maximum atomic E-state index is 9.53. The van der Waals surface area contributed by atoms with Crippen molar-refractivity contribution in [1.29, 1.82) is 5.26 Å². The van der Waals surface area contributed by atoms with Crippen LogP contribution in [0.15, 0.2) is 100 Å². The second-order valence-electron chi connectivity index (χ2n) is 16.4. The van der Waals surface area contributed by atoms with E-state index in [1.807, 2.05) is 61.7 Å². The van der Waals surface area contributed by atoms with Crippen molar-refractivity contribution in [1.82, 2.24) is 0 Å². The summed E-state index contributed by atoms with van der Waals surface area (Å²) in [6, 6.07) is 25.2. The van der Waals surface area contributed by atoms with Crippen molar-refractivity contribution >= 4 is 43.9 Å². The fourth-order valence-electron chi connectivity index (χ4n) is 8.57. The summed E-state index contributed by atoms with van der Waals surface area (Å²) in [5.74, 6) is 0. The number of hydrogen-bond acceptors (Lipinski definition) is 3. The van der Waals surface area contributed by atoms with Crippen molar-refractivity contribution in [2.24, 2.45) is 10.8 Å². The Morgan fingerprint density at radius 3 is 2.19 bits per heavy atom. The van der Waals surface area contributed by atoms with E-state index < -0.39 is 42.9 Å². The van der Waals surface area contributed by atoms with Crippen LogP contribution in [0.25, 0.3) is 66.4 Å². The van der Waals surface area contributed by atoms with Crippen LogP contribution in [0, 0.1) is 35.9 Å². The molecule has 0 radical (unpaired) electrons. The van der Waals surface area contributed by atoms with Gasteiger partial charge in [0, 0.05) is 58.5 Å². The molecule has 0 aliphatic carbocycles. The quantitative estimate of drug-likeness (QED) is 0.168. The maximum Gasteiger partial charge on any atom is 0.417 e. The number of rotatable bonds is 2. The number of nitriles is 1. The molecule has 4 aromatic carbocycles. The Kier molecular flexibility index (Phi) is 4.54. The average molecular weight is 704 g/mol. The minimum absolute atomic E-state index is 0.0180. The Morgan fingerprint density at radius 1 is 0.698 bits per heavy atom. The van der Waals surface area contributed by atoms with Gasteiger partial charge in [-0.3, -0.25) is 0 Å². The number of hydrogen-bond donors (Lipinski definition) is 0. The van der Waals surface area contributed by atoms with Gasteiger partial charge in [0.2, 0.25) is 11.4 Å². The van der Waals surface area contributed by atoms with E-state index in [-0.39, 0.29) is 16.7 Å². The van der Waals surface area contributed by atoms with E-state index in [1.54, 1.807) is 74.0 Å². The summed E-state index contributed by atoms with van der Waals surface area (Å²) < 4.78 is 107. The van der Waals surface area contributed by atoms with E-state index in [9.17, 15) is 10.7 Å². The van der Waals surface area contributed by atoms with Gasteiger partial charge in [-0.05, 0) is 104 Å². The van der Waals surface area contributed by atoms with E-state index >= 15 is 0 Å². The molecule has 6 heterocycles. The highest BCUT2D eigenvalue weighted by Gasteiger charge is 2.67. The van der Waals surface area contributed by atoms with Crippen LogP contribution in [-0.2, 0) is 18.4 Å². The van der Waals surface area contributed by atoms with Crippen LogP contribution in [0.5, 0.6) is 0 Å². The number of furan rings is 2. The fourth-order valence-corrected chi connectivity index (χ4v) is 8.57. The third kappa shape index (κ3) is 4.48. The van der Waals surface area contributed by atoms with Gasteiger partial charge in [0.05, 0.1) is 17.2 Å². The molecule has 4 aromatic heterocycles. The molecule has 5 nitrogen and oxygen atoms in total. The summed E-state index contributed by atoms with van der Waals surface area (Å²) in [5, 5.41) is 12.5. The van der Waals surface area contributed by atoms with Gasteiger partial charge in [0.15, 0.2) is 12.4 Å². The van der Waals surface area contributed by atoms with Crippen LogP contribution >= 0.6 is 0 Å². The summed E-state index contributed by atoms with van der Waals surface area (Å²) in [4.78, 5) is 0. The van der Waals surface area contributed by atoms with Crippen LogP contribution in [-0.4, -0.2) is 0 Å². The summed E-state index contributed by atoms with van der Waals surface area (Å²) in [7, 11) is 0. The lowest BCUT2D eigenvalue weighted by Gasteiger charge is -2.21. The molecule has 8 aromatic rings. The third-order valence-electron chi connectivity index (χ3n) is 10.4. The first-order chi connectivity index (χ1) is 29.2. The molecule has 53 heavy (non-hydrogen) atoms. The number of aromatic nitrogens is 2. The first-order valence-electron chi connectivity index (χ1n) is 22.8. The fraction of sp³-hybridized carbons (Fsp3) is 0.271. The van der Waals surface area contributed by atoms with Gasteiger partial charge in [-0.15, -0.1) is 9.13 Å². The second-order valence-corrected chi connectivity index (χ2v) is 16.4. The normalized spacial score (nSPS) is 19.9. The Morgan fingerprint density at radius 2 is 1.43 bits per heavy atom. The molecule has 2 aliphatic heterocycles. The van der Waals surface area contributed by atoms with Crippen LogP contribution in [0.4, 0.5) is 0 Å². The van der Waals surface area contributed by atoms with E-state index in [4.69, 9.17) is 17.1 Å². The van der Waals surface area contributed by atoms with Crippen molar-refractivity contribution in [2.45, 2.75) is 73.7 Å². The number of benzene rings is 4. The van der Waals surface area contributed by atoms with Gasteiger partial charge in [0.25, 0.3) is 0 Å². The van der Waals surface area contributed by atoms with Crippen LogP contribution in [0.3, 0.4) is 0 Å². The van der Waals surface area contributed by atoms with E-state index in [2.05, 4.69) is 6.07 Å². The minimum atomic E-state index is -2.80. The van der Waals surface area contributed by atoms with E-state index in [0.29, 0.717) is 72.5 Å². The van der Waals surface area contributed by atoms with Crippen LogP contribution < -0.4 is 9.13 Å². The molecule has 2 aliphatic rings. The predicted molar refractivity (Wildman–Crippen MR) is 211 cm³/mol. The van der Waals surface area contributed by atoms with Gasteiger partial charge >= 0.3 is 5.66 Å². The Labute approximate surface area is 323 Å². The van der Waals surface area contributed by atoms with E-state index in [1.165, 1.54) is 6.20 Å². The molecule has 0 N–H and O–H groups in total. The lowest BCUT2D eigenvalue weighted by Crippen LogP contribution is -2.71. The first-order valence-corrected chi connectivity index (χ1v) is 17.8. The van der Waals surface area contributed by atoms with Crippen molar-refractivity contribution < 1.29 is 31.7 Å². The Bertz CT molecular complexity index is 3370. The summed E-state index contributed by atoms with van der Waals surface area (Å²) in [6.45, 7) is 5.33. The lowest BCUT2D eigenvalue weighted by molar-refractivity contribution is -0.955. The van der Waals surface area contributed by atoms with Crippen LogP contribution in [0.2, 0.25) is 0 Å². The molecule has 1 unspecified atom stereocenters. The maximum absolute atomic E-state index is 9.53. The summed E-state index contributed by atoms with van der Waals surface area (Å²) in [5.41, 5.74) is 2.70.